The van der Waals surface area contributed by atoms with Crippen molar-refractivity contribution < 1.29 is 61.6 Å². The lowest BCUT2D eigenvalue weighted by Gasteiger charge is -2.46. The molecule has 37 heavy (non-hydrogen) atoms. The molecule has 2 rings (SSSR count). The third kappa shape index (κ3) is 8.24. The Morgan fingerprint density at radius 2 is 1.08 bits per heavy atom. The molecule has 0 aromatic rings. The number of rotatable bonds is 17. The first-order valence-electron chi connectivity index (χ1n) is 12.2. The lowest BCUT2D eigenvalue weighted by molar-refractivity contribution is -0.351. The van der Waals surface area contributed by atoms with Crippen LogP contribution in [0.5, 0.6) is 0 Å². The minimum absolute atomic E-state index is 0.188. The number of hydrogen-bond donors (Lipinski definition) is 0. The molecule has 0 aliphatic carbocycles. The maximum Gasteiger partial charge on any atom is 0.187 e. The van der Waals surface area contributed by atoms with Crippen molar-refractivity contribution in [2.24, 2.45) is 0 Å². The quantitative estimate of drug-likeness (QED) is 0.243. The molecule has 2 aliphatic rings. The van der Waals surface area contributed by atoms with Gasteiger partial charge in [0, 0.05) is 64.0 Å². The van der Waals surface area contributed by atoms with Crippen LogP contribution in [0.2, 0.25) is 0 Å². The Balaban J connectivity index is 2.25. The van der Waals surface area contributed by atoms with Crippen LogP contribution in [0.4, 0.5) is 0 Å². The van der Waals surface area contributed by atoms with E-state index in [0.717, 1.165) is 0 Å². The SMILES string of the molecule is COCC(OC)C(OC)C(COC)OC1OCC(OC)C(OC2OCC(OC)C(OC)C2OC)C1OC. The Kier molecular flexibility index (Phi) is 15.2. The highest BCUT2D eigenvalue weighted by Crippen LogP contribution is 2.31. The summed E-state index contributed by atoms with van der Waals surface area (Å²) in [5.74, 6) is 0. The lowest BCUT2D eigenvalue weighted by atomic mass is 10.0. The van der Waals surface area contributed by atoms with Crippen molar-refractivity contribution in [3.05, 3.63) is 0 Å². The van der Waals surface area contributed by atoms with Crippen LogP contribution in [0.15, 0.2) is 0 Å². The largest absolute Gasteiger partial charge is 0.382 e. The van der Waals surface area contributed by atoms with Crippen LogP contribution in [-0.4, -0.2) is 158 Å². The van der Waals surface area contributed by atoms with Crippen molar-refractivity contribution in [1.29, 1.82) is 0 Å². The normalized spacial score (nSPS) is 35.3. The van der Waals surface area contributed by atoms with E-state index in [1.807, 2.05) is 0 Å². The van der Waals surface area contributed by atoms with Crippen molar-refractivity contribution >= 4 is 0 Å². The fourth-order valence-corrected chi connectivity index (χ4v) is 4.78. The monoisotopic (exact) mass is 542 g/mol. The first-order chi connectivity index (χ1) is 18.0. The molecule has 2 heterocycles. The van der Waals surface area contributed by atoms with Crippen LogP contribution in [-0.2, 0) is 61.6 Å². The van der Waals surface area contributed by atoms with E-state index < -0.39 is 61.4 Å². The lowest BCUT2D eigenvalue weighted by Crippen LogP contribution is -2.62. The zero-order valence-corrected chi connectivity index (χ0v) is 23.5. The summed E-state index contributed by atoms with van der Waals surface area (Å²) in [5.41, 5.74) is 0. The maximum absolute atomic E-state index is 6.43. The first kappa shape index (κ1) is 32.7. The van der Waals surface area contributed by atoms with Gasteiger partial charge in [-0.3, -0.25) is 0 Å². The molecule has 11 unspecified atom stereocenters. The number of methoxy groups -OCH3 is 9. The van der Waals surface area contributed by atoms with E-state index in [0.29, 0.717) is 6.61 Å². The summed E-state index contributed by atoms with van der Waals surface area (Å²) in [7, 11) is 14.2. The minimum atomic E-state index is -0.839. The van der Waals surface area contributed by atoms with Gasteiger partial charge in [0.2, 0.25) is 0 Å². The Labute approximate surface area is 220 Å². The predicted octanol–water partition coefficient (Wildman–Crippen LogP) is -0.133. The van der Waals surface area contributed by atoms with Crippen molar-refractivity contribution in [3.63, 3.8) is 0 Å². The number of ether oxygens (including phenoxy) is 13. The average molecular weight is 543 g/mol. The maximum atomic E-state index is 6.43. The highest BCUT2D eigenvalue weighted by atomic mass is 16.8. The van der Waals surface area contributed by atoms with Crippen molar-refractivity contribution in [1.82, 2.24) is 0 Å². The molecule has 0 aromatic heterocycles. The summed E-state index contributed by atoms with van der Waals surface area (Å²) in [6.07, 6.45) is -6.17. The second kappa shape index (κ2) is 17.2. The third-order valence-corrected chi connectivity index (χ3v) is 6.76. The molecule has 2 saturated heterocycles. The molecule has 0 N–H and O–H groups in total. The Hall–Kier alpha value is -0.520. The molecule has 2 fully saturated rings. The van der Waals surface area contributed by atoms with Crippen LogP contribution in [0.3, 0.4) is 0 Å². The first-order valence-corrected chi connectivity index (χ1v) is 12.2. The molecule has 220 valence electrons. The molecule has 0 aromatic carbocycles. The molecule has 2 aliphatic heterocycles. The predicted molar refractivity (Wildman–Crippen MR) is 129 cm³/mol. The second-order valence-corrected chi connectivity index (χ2v) is 8.71. The Morgan fingerprint density at radius 1 is 0.568 bits per heavy atom. The van der Waals surface area contributed by atoms with Crippen molar-refractivity contribution in [2.45, 2.75) is 67.5 Å². The van der Waals surface area contributed by atoms with E-state index in [-0.39, 0.29) is 25.9 Å². The van der Waals surface area contributed by atoms with Crippen molar-refractivity contribution in [2.75, 3.05) is 90.4 Å². The highest BCUT2D eigenvalue weighted by Gasteiger charge is 2.49. The summed E-state index contributed by atoms with van der Waals surface area (Å²) < 4.78 is 75.2. The Bertz CT molecular complexity index is 599. The molecular weight excluding hydrogens is 496 g/mol. The van der Waals surface area contributed by atoms with Crippen LogP contribution in [0, 0.1) is 0 Å². The molecule has 0 spiro atoms. The summed E-state index contributed by atoms with van der Waals surface area (Å²) in [4.78, 5) is 0. The van der Waals surface area contributed by atoms with Gasteiger partial charge in [0.25, 0.3) is 0 Å². The van der Waals surface area contributed by atoms with Gasteiger partial charge >= 0.3 is 0 Å². The van der Waals surface area contributed by atoms with Crippen molar-refractivity contribution in [3.8, 4) is 0 Å². The zero-order chi connectivity index (χ0) is 27.4. The molecular formula is C24H46O13. The molecule has 0 saturated carbocycles. The van der Waals surface area contributed by atoms with E-state index in [1.165, 1.54) is 0 Å². The molecule has 0 bridgehead atoms. The van der Waals surface area contributed by atoms with Gasteiger partial charge in [-0.25, -0.2) is 0 Å². The van der Waals surface area contributed by atoms with Crippen LogP contribution in [0.1, 0.15) is 0 Å². The zero-order valence-electron chi connectivity index (χ0n) is 23.5. The molecule has 13 heteroatoms. The molecule has 11 atom stereocenters. The topological polar surface area (TPSA) is 120 Å². The highest BCUT2D eigenvalue weighted by molar-refractivity contribution is 4.92. The fourth-order valence-electron chi connectivity index (χ4n) is 4.78. The van der Waals surface area contributed by atoms with Gasteiger partial charge in [-0.1, -0.05) is 0 Å². The standard InChI is InChI=1S/C24H46O13/c1-25-10-14(27-3)18(30-6)17(11-26-2)36-23-22(33-9)20(16(29-5)13-34-23)37-24-21(32-8)19(31-7)15(28-4)12-35-24/h14-24H,10-13H2,1-9H3. The summed E-state index contributed by atoms with van der Waals surface area (Å²) in [6, 6.07) is 0. The van der Waals surface area contributed by atoms with Crippen LogP contribution < -0.4 is 0 Å². The van der Waals surface area contributed by atoms with Crippen LogP contribution in [0.25, 0.3) is 0 Å². The second-order valence-electron chi connectivity index (χ2n) is 8.71. The van der Waals surface area contributed by atoms with E-state index in [4.69, 9.17) is 61.6 Å². The van der Waals surface area contributed by atoms with E-state index in [9.17, 15) is 0 Å². The van der Waals surface area contributed by atoms with E-state index in [1.54, 1.807) is 64.0 Å². The van der Waals surface area contributed by atoms with Gasteiger partial charge in [-0.15, -0.1) is 0 Å². The van der Waals surface area contributed by atoms with Gasteiger partial charge in [0.15, 0.2) is 12.6 Å². The van der Waals surface area contributed by atoms with Gasteiger partial charge in [0.05, 0.1) is 26.4 Å². The number of hydrogen-bond acceptors (Lipinski definition) is 13. The van der Waals surface area contributed by atoms with Gasteiger partial charge in [-0.05, 0) is 0 Å². The van der Waals surface area contributed by atoms with E-state index >= 15 is 0 Å². The van der Waals surface area contributed by atoms with Gasteiger partial charge in [0.1, 0.15) is 54.9 Å². The summed E-state index contributed by atoms with van der Waals surface area (Å²) in [5, 5.41) is 0. The average Bonchev–Trinajstić information content (AvgIpc) is 2.92. The van der Waals surface area contributed by atoms with Gasteiger partial charge in [-0.2, -0.15) is 0 Å². The van der Waals surface area contributed by atoms with Gasteiger partial charge < -0.3 is 61.6 Å². The van der Waals surface area contributed by atoms with Crippen LogP contribution >= 0.6 is 0 Å². The fraction of sp³-hybridized carbons (Fsp3) is 1.00. The van der Waals surface area contributed by atoms with E-state index in [2.05, 4.69) is 0 Å². The molecule has 0 radical (unpaired) electrons. The molecule has 0 amide bonds. The Morgan fingerprint density at radius 3 is 1.57 bits per heavy atom. The third-order valence-electron chi connectivity index (χ3n) is 6.76. The minimum Gasteiger partial charge on any atom is -0.382 e. The summed E-state index contributed by atoms with van der Waals surface area (Å²) >= 11 is 0. The summed E-state index contributed by atoms with van der Waals surface area (Å²) in [6.45, 7) is 0.966. The smallest absolute Gasteiger partial charge is 0.187 e. The molecule has 13 nitrogen and oxygen atoms in total.